The number of hydrogen-bond donors (Lipinski definition) is 0. The monoisotopic (exact) mass is 540 g/mol. The summed E-state index contributed by atoms with van der Waals surface area (Å²) in [5, 5.41) is -0.504. The van der Waals surface area contributed by atoms with Gasteiger partial charge in [0.05, 0.1) is 25.9 Å². The molecule has 1 fully saturated rings. The molecule has 3 rings (SSSR count). The first-order chi connectivity index (χ1) is 15.8. The zero-order valence-corrected chi connectivity index (χ0v) is 21.4. The Labute approximate surface area is 203 Å². The second-order valence-electron chi connectivity index (χ2n) is 8.08. The van der Waals surface area contributed by atoms with E-state index in [9.17, 15) is 9.36 Å². The number of phosphoric ester groups is 1. The van der Waals surface area contributed by atoms with Crippen LogP contribution in [0.25, 0.3) is 0 Å². The van der Waals surface area contributed by atoms with E-state index in [1.54, 1.807) is 0 Å². The zero-order chi connectivity index (χ0) is 23.8. The van der Waals surface area contributed by atoms with Gasteiger partial charge in [0.25, 0.3) is 0 Å². The zero-order valence-electron chi connectivity index (χ0n) is 19.0. The Morgan fingerprint density at radius 2 is 1.42 bits per heavy atom. The van der Waals surface area contributed by atoms with Gasteiger partial charge in [-0.1, -0.05) is 90.4 Å². The summed E-state index contributed by atoms with van der Waals surface area (Å²) in [5.74, 6) is -0.398. The van der Waals surface area contributed by atoms with Crippen LogP contribution in [0.15, 0.2) is 60.7 Å². The Kier molecular flexibility index (Phi) is 9.68. The van der Waals surface area contributed by atoms with Crippen molar-refractivity contribution in [3.05, 3.63) is 71.8 Å². The maximum Gasteiger partial charge on any atom is 0.475 e. The van der Waals surface area contributed by atoms with Crippen molar-refractivity contribution in [2.45, 2.75) is 51.2 Å². The van der Waals surface area contributed by atoms with Crippen molar-refractivity contribution in [2.75, 3.05) is 6.61 Å². The lowest BCUT2D eigenvalue weighted by Gasteiger charge is -2.42. The molecule has 33 heavy (non-hydrogen) atoms. The summed E-state index contributed by atoms with van der Waals surface area (Å²) < 4.78 is 41.9. The number of rotatable bonds is 10. The van der Waals surface area contributed by atoms with E-state index in [1.807, 2.05) is 74.5 Å². The second kappa shape index (κ2) is 12.2. The summed E-state index contributed by atoms with van der Waals surface area (Å²) in [5.41, 5.74) is 1.70. The number of carbonyl (C=O) groups is 1. The lowest BCUT2D eigenvalue weighted by molar-refractivity contribution is -0.178. The van der Waals surface area contributed by atoms with E-state index in [0.29, 0.717) is 0 Å². The average molecular weight is 541 g/mol. The van der Waals surface area contributed by atoms with Gasteiger partial charge in [-0.3, -0.25) is 18.4 Å². The van der Waals surface area contributed by atoms with Crippen LogP contribution in [0.2, 0.25) is 0 Å². The Balaban J connectivity index is 1.65. The summed E-state index contributed by atoms with van der Waals surface area (Å²) in [6.07, 6.45) is -0.825. The van der Waals surface area contributed by atoms with Crippen LogP contribution in [-0.4, -0.2) is 29.8 Å². The third-order valence-electron chi connectivity index (χ3n) is 5.66. The van der Waals surface area contributed by atoms with Crippen molar-refractivity contribution < 1.29 is 32.4 Å². The summed E-state index contributed by atoms with van der Waals surface area (Å²) >= 11 is 3.45. The average Bonchev–Trinajstić information content (AvgIpc) is 2.82. The third-order valence-corrected chi connectivity index (χ3v) is 7.75. The predicted molar refractivity (Wildman–Crippen MR) is 127 cm³/mol. The molecular weight excluding hydrogens is 511 g/mol. The van der Waals surface area contributed by atoms with Gasteiger partial charge >= 0.3 is 13.8 Å². The number of halogens is 1. The van der Waals surface area contributed by atoms with Crippen LogP contribution in [0.1, 0.15) is 31.9 Å². The van der Waals surface area contributed by atoms with Crippen molar-refractivity contribution in [2.24, 2.45) is 11.8 Å². The molecular formula is C24H30BrO7P. The maximum atomic E-state index is 13.5. The molecule has 2 unspecified atom stereocenters. The van der Waals surface area contributed by atoms with Crippen LogP contribution in [0.4, 0.5) is 0 Å². The lowest BCUT2D eigenvalue weighted by atomic mass is 9.84. The minimum absolute atomic E-state index is 0.00125. The van der Waals surface area contributed by atoms with Gasteiger partial charge in [-0.2, -0.15) is 0 Å². The van der Waals surface area contributed by atoms with Gasteiger partial charge in [-0.05, 0) is 17.0 Å². The molecule has 0 N–H and O–H groups in total. The number of ether oxygens (including phenoxy) is 2. The number of phosphoric acid groups is 1. The summed E-state index contributed by atoms with van der Waals surface area (Å²) in [6, 6.07) is 18.8. The smallest absolute Gasteiger partial charge is 0.459 e. The molecule has 0 spiro atoms. The van der Waals surface area contributed by atoms with Gasteiger partial charge < -0.3 is 9.47 Å². The van der Waals surface area contributed by atoms with Crippen molar-refractivity contribution in [3.63, 3.8) is 0 Å². The minimum atomic E-state index is -3.90. The molecule has 180 valence electrons. The number of alkyl halides is 1. The number of carbonyl (C=O) groups excluding carboxylic acids is 1. The molecule has 1 saturated heterocycles. The standard InChI is InChI=1S/C24H30BrO7P/c1-17-18(2)23(31-19(3)26)24(25)32-22(17)16-30-33(27,28-14-20-10-6-4-7-11-20)29-15-21-12-8-5-9-13-21/h4-13,17-18,22-24H,14-16H2,1-3H3/t17-,18+,22?,23?,24-/m1/s1. The van der Waals surface area contributed by atoms with Gasteiger partial charge in [-0.15, -0.1) is 0 Å². The fraction of sp³-hybridized carbons (Fsp3) is 0.458. The van der Waals surface area contributed by atoms with Crippen LogP contribution >= 0.6 is 23.8 Å². The quantitative estimate of drug-likeness (QED) is 0.212. The number of esters is 1. The van der Waals surface area contributed by atoms with Crippen molar-refractivity contribution in [3.8, 4) is 0 Å². The largest absolute Gasteiger partial charge is 0.475 e. The topological polar surface area (TPSA) is 80.3 Å². The highest BCUT2D eigenvalue weighted by Crippen LogP contribution is 2.51. The molecule has 9 heteroatoms. The van der Waals surface area contributed by atoms with Gasteiger partial charge in [0, 0.05) is 12.8 Å². The molecule has 0 aliphatic carbocycles. The molecule has 5 atom stereocenters. The highest BCUT2D eigenvalue weighted by molar-refractivity contribution is 9.09. The number of hydrogen-bond acceptors (Lipinski definition) is 7. The molecule has 0 amide bonds. The Hall–Kier alpha value is -1.54. The first-order valence-electron chi connectivity index (χ1n) is 10.9. The molecule has 2 aromatic rings. The Morgan fingerprint density at radius 3 is 1.91 bits per heavy atom. The SMILES string of the molecule is CC(=O)OC1[C@H](Br)OC(COP(=O)(OCc2ccccc2)OCc2ccccc2)[C@H](C)[C@@H]1C. The maximum absolute atomic E-state index is 13.5. The molecule has 2 aromatic carbocycles. The molecule has 0 aromatic heterocycles. The molecule has 7 nitrogen and oxygen atoms in total. The molecule has 0 bridgehead atoms. The minimum Gasteiger partial charge on any atom is -0.459 e. The van der Waals surface area contributed by atoms with Crippen LogP contribution in [-0.2, 0) is 45.6 Å². The Morgan fingerprint density at radius 1 is 0.909 bits per heavy atom. The fourth-order valence-electron chi connectivity index (χ4n) is 3.52. The molecule has 0 saturated carbocycles. The molecule has 1 aliphatic heterocycles. The summed E-state index contributed by atoms with van der Waals surface area (Å²) in [7, 11) is -3.90. The van der Waals surface area contributed by atoms with Crippen LogP contribution in [0, 0.1) is 11.8 Å². The molecule has 1 aliphatic rings. The van der Waals surface area contributed by atoms with Crippen LogP contribution in [0.5, 0.6) is 0 Å². The van der Waals surface area contributed by atoms with E-state index in [1.165, 1.54) is 6.92 Å². The van der Waals surface area contributed by atoms with E-state index < -0.39 is 25.0 Å². The first-order valence-corrected chi connectivity index (χ1v) is 13.2. The summed E-state index contributed by atoms with van der Waals surface area (Å²) in [4.78, 5) is 11.4. The molecule has 0 radical (unpaired) electrons. The first kappa shape index (κ1) is 26.1. The van der Waals surface area contributed by atoms with Gasteiger partial charge in [0.1, 0.15) is 11.1 Å². The lowest BCUT2D eigenvalue weighted by Crippen LogP contribution is -2.49. The van der Waals surface area contributed by atoms with Crippen molar-refractivity contribution in [1.82, 2.24) is 0 Å². The van der Waals surface area contributed by atoms with Gasteiger partial charge in [-0.25, -0.2) is 4.57 Å². The van der Waals surface area contributed by atoms with E-state index in [0.717, 1.165) is 11.1 Å². The second-order valence-corrected chi connectivity index (χ2v) is 10.7. The van der Waals surface area contributed by atoms with E-state index in [-0.39, 0.29) is 37.6 Å². The van der Waals surface area contributed by atoms with E-state index in [2.05, 4.69) is 15.9 Å². The van der Waals surface area contributed by atoms with Gasteiger partial charge in [0.2, 0.25) is 0 Å². The molecule has 1 heterocycles. The fourth-order valence-corrected chi connectivity index (χ4v) is 5.55. The van der Waals surface area contributed by atoms with Crippen LogP contribution < -0.4 is 0 Å². The highest BCUT2D eigenvalue weighted by Gasteiger charge is 2.43. The predicted octanol–water partition coefficient (Wildman–Crippen LogP) is 5.87. The number of benzene rings is 2. The summed E-state index contributed by atoms with van der Waals surface area (Å²) in [6.45, 7) is 5.51. The van der Waals surface area contributed by atoms with Crippen molar-refractivity contribution >= 4 is 29.7 Å². The van der Waals surface area contributed by atoms with E-state index in [4.69, 9.17) is 23.0 Å². The highest BCUT2D eigenvalue weighted by atomic mass is 79.9. The van der Waals surface area contributed by atoms with Gasteiger partial charge in [0.15, 0.2) is 0 Å². The Bertz CT molecular complexity index is 879. The normalized spacial score (nSPS) is 25.5. The van der Waals surface area contributed by atoms with Crippen LogP contribution in [0.3, 0.4) is 0 Å². The van der Waals surface area contributed by atoms with Crippen molar-refractivity contribution in [1.29, 1.82) is 0 Å². The third kappa shape index (κ3) is 7.74. The van der Waals surface area contributed by atoms with E-state index >= 15 is 0 Å².